The van der Waals surface area contributed by atoms with Crippen LogP contribution < -0.4 is 24.0 Å². The number of hydrogen-bond donors (Lipinski definition) is 0. The maximum atomic E-state index is 10.0. The molecule has 0 aromatic carbocycles. The topological polar surface area (TPSA) is 53.0 Å². The molecule has 0 N–H and O–H groups in total. The maximum Gasteiger partial charge on any atom is 1.00 e. The first-order chi connectivity index (χ1) is 4.79. The largest absolute Gasteiger partial charge is 1.00 e. The summed E-state index contributed by atoms with van der Waals surface area (Å²) in [6, 6.07) is 3.30. The SMILES string of the molecule is O=C([O-])Cc1ccncc1.[Li+]. The van der Waals surface area contributed by atoms with Crippen LogP contribution in [-0.4, -0.2) is 11.0 Å². The summed E-state index contributed by atoms with van der Waals surface area (Å²) in [6.45, 7) is 0. The van der Waals surface area contributed by atoms with Gasteiger partial charge in [0.1, 0.15) is 0 Å². The van der Waals surface area contributed by atoms with E-state index in [0.717, 1.165) is 5.56 Å². The van der Waals surface area contributed by atoms with Gasteiger partial charge in [-0.15, -0.1) is 0 Å². The molecule has 1 heterocycles. The number of carboxylic acids is 1. The normalized spacial score (nSPS) is 8.36. The second-order valence-corrected chi connectivity index (χ2v) is 1.90. The fourth-order valence-corrected chi connectivity index (χ4v) is 0.667. The number of carbonyl (C=O) groups is 1. The Morgan fingerprint density at radius 1 is 1.45 bits per heavy atom. The van der Waals surface area contributed by atoms with Crippen molar-refractivity contribution in [3.05, 3.63) is 30.1 Å². The van der Waals surface area contributed by atoms with Crippen molar-refractivity contribution in [2.24, 2.45) is 0 Å². The molecule has 52 valence electrons. The van der Waals surface area contributed by atoms with Crippen molar-refractivity contribution in [3.8, 4) is 0 Å². The molecule has 0 aliphatic carbocycles. The molecule has 1 aromatic rings. The van der Waals surface area contributed by atoms with E-state index in [1.54, 1.807) is 24.5 Å². The zero-order chi connectivity index (χ0) is 7.40. The third-order valence-electron chi connectivity index (χ3n) is 1.10. The number of carbonyl (C=O) groups excluding carboxylic acids is 1. The molecule has 0 atom stereocenters. The van der Waals surface area contributed by atoms with Crippen molar-refractivity contribution in [2.75, 3.05) is 0 Å². The second kappa shape index (κ2) is 4.95. The van der Waals surface area contributed by atoms with Crippen molar-refractivity contribution in [3.63, 3.8) is 0 Å². The number of pyridine rings is 1. The van der Waals surface area contributed by atoms with Crippen LogP contribution in [0.3, 0.4) is 0 Å². The number of carboxylic acid groups (broad SMARTS) is 1. The molecule has 11 heavy (non-hydrogen) atoms. The van der Waals surface area contributed by atoms with E-state index in [0.29, 0.717) is 0 Å². The Balaban J connectivity index is 0.000001000. The van der Waals surface area contributed by atoms with Gasteiger partial charge in [-0.25, -0.2) is 0 Å². The molecule has 1 aromatic heterocycles. The first kappa shape index (κ1) is 10.2. The summed E-state index contributed by atoms with van der Waals surface area (Å²) in [5.74, 6) is -1.06. The third-order valence-corrected chi connectivity index (χ3v) is 1.10. The van der Waals surface area contributed by atoms with Crippen molar-refractivity contribution in [2.45, 2.75) is 6.42 Å². The van der Waals surface area contributed by atoms with E-state index in [-0.39, 0.29) is 25.3 Å². The van der Waals surface area contributed by atoms with Gasteiger partial charge < -0.3 is 9.90 Å². The van der Waals surface area contributed by atoms with Gasteiger partial charge in [-0.1, -0.05) is 0 Å². The molecule has 4 heteroatoms. The molecule has 0 amide bonds. The van der Waals surface area contributed by atoms with Crippen molar-refractivity contribution < 1.29 is 28.8 Å². The summed E-state index contributed by atoms with van der Waals surface area (Å²) >= 11 is 0. The first-order valence-electron chi connectivity index (χ1n) is 2.88. The molecule has 0 fully saturated rings. The molecule has 1 rings (SSSR count). The number of nitrogens with zero attached hydrogens (tertiary/aromatic N) is 1. The fourth-order valence-electron chi connectivity index (χ4n) is 0.667. The van der Waals surface area contributed by atoms with Crippen LogP contribution in [0.15, 0.2) is 24.5 Å². The van der Waals surface area contributed by atoms with Crippen LogP contribution in [0.5, 0.6) is 0 Å². The minimum atomic E-state index is -1.06. The molecule has 0 radical (unpaired) electrons. The summed E-state index contributed by atoms with van der Waals surface area (Å²) in [4.78, 5) is 13.8. The van der Waals surface area contributed by atoms with E-state index >= 15 is 0 Å². The van der Waals surface area contributed by atoms with E-state index in [9.17, 15) is 9.90 Å². The molecular formula is C7H6LiNO2. The van der Waals surface area contributed by atoms with Gasteiger partial charge in [0.2, 0.25) is 0 Å². The van der Waals surface area contributed by atoms with Crippen LogP contribution in [-0.2, 0) is 11.2 Å². The average molecular weight is 143 g/mol. The fraction of sp³-hybridized carbons (Fsp3) is 0.143. The number of aromatic nitrogens is 1. The average Bonchev–Trinajstić information content (AvgIpc) is 1.88. The van der Waals surface area contributed by atoms with Gasteiger partial charge in [0.05, 0.1) is 0 Å². The van der Waals surface area contributed by atoms with E-state index < -0.39 is 5.97 Å². The Morgan fingerprint density at radius 3 is 2.45 bits per heavy atom. The first-order valence-corrected chi connectivity index (χ1v) is 2.88. The standard InChI is InChI=1S/C7H7NO2.Li/c9-7(10)5-6-1-3-8-4-2-6;/h1-4H,5H2,(H,9,10);/q;+1/p-1. The quantitative estimate of drug-likeness (QED) is 0.401. The van der Waals surface area contributed by atoms with Gasteiger partial charge in [-0.3, -0.25) is 4.98 Å². The third kappa shape index (κ3) is 3.82. The van der Waals surface area contributed by atoms with Gasteiger partial charge in [-0.2, -0.15) is 0 Å². The summed E-state index contributed by atoms with van der Waals surface area (Å²) in [7, 11) is 0. The van der Waals surface area contributed by atoms with Gasteiger partial charge in [0.15, 0.2) is 0 Å². The van der Waals surface area contributed by atoms with E-state index in [2.05, 4.69) is 4.98 Å². The second-order valence-electron chi connectivity index (χ2n) is 1.90. The van der Waals surface area contributed by atoms with Crippen LogP contribution in [0.25, 0.3) is 0 Å². The Morgan fingerprint density at radius 2 is 2.00 bits per heavy atom. The Kier molecular flexibility index (Phi) is 4.59. The molecule has 3 nitrogen and oxygen atoms in total. The van der Waals surface area contributed by atoms with Crippen molar-refractivity contribution >= 4 is 5.97 Å². The molecule has 0 bridgehead atoms. The van der Waals surface area contributed by atoms with Gasteiger partial charge in [0, 0.05) is 24.8 Å². The van der Waals surface area contributed by atoms with Crippen LogP contribution >= 0.6 is 0 Å². The molecule has 0 unspecified atom stereocenters. The predicted octanol–water partition coefficient (Wildman–Crippen LogP) is -3.62. The molecule has 0 spiro atoms. The van der Waals surface area contributed by atoms with Gasteiger partial charge in [-0.05, 0) is 17.7 Å². The predicted molar refractivity (Wildman–Crippen MR) is 32.9 cm³/mol. The molecule has 0 saturated heterocycles. The zero-order valence-corrected chi connectivity index (χ0v) is 6.28. The van der Waals surface area contributed by atoms with E-state index in [1.165, 1.54) is 0 Å². The Labute approximate surface area is 76.6 Å². The van der Waals surface area contributed by atoms with Gasteiger partial charge in [0.25, 0.3) is 0 Å². The maximum absolute atomic E-state index is 10.0. The number of rotatable bonds is 2. The van der Waals surface area contributed by atoms with Crippen LogP contribution in [0.2, 0.25) is 0 Å². The van der Waals surface area contributed by atoms with Crippen molar-refractivity contribution in [1.29, 1.82) is 0 Å². The summed E-state index contributed by atoms with van der Waals surface area (Å²) < 4.78 is 0. The zero-order valence-electron chi connectivity index (χ0n) is 6.28. The summed E-state index contributed by atoms with van der Waals surface area (Å²) in [5, 5.41) is 10.0. The monoisotopic (exact) mass is 143 g/mol. The Bertz CT molecular complexity index is 225. The van der Waals surface area contributed by atoms with E-state index in [1.807, 2.05) is 0 Å². The van der Waals surface area contributed by atoms with Crippen molar-refractivity contribution in [1.82, 2.24) is 4.98 Å². The van der Waals surface area contributed by atoms with Crippen LogP contribution in [0, 0.1) is 0 Å². The van der Waals surface area contributed by atoms with Gasteiger partial charge >= 0.3 is 18.9 Å². The van der Waals surface area contributed by atoms with E-state index in [4.69, 9.17) is 0 Å². The smallest absolute Gasteiger partial charge is 0.550 e. The number of hydrogen-bond acceptors (Lipinski definition) is 3. The summed E-state index contributed by atoms with van der Waals surface area (Å²) in [5.41, 5.74) is 0.718. The molecule has 0 saturated carbocycles. The van der Waals surface area contributed by atoms with Crippen LogP contribution in [0.4, 0.5) is 0 Å². The molecule has 0 aliphatic rings. The molecular weight excluding hydrogens is 137 g/mol. The number of aliphatic carboxylic acids is 1. The minimum Gasteiger partial charge on any atom is -0.550 e. The minimum absolute atomic E-state index is 0. The molecule has 0 aliphatic heterocycles. The Hall–Kier alpha value is -0.783. The van der Waals surface area contributed by atoms with Crippen LogP contribution in [0.1, 0.15) is 5.56 Å². The summed E-state index contributed by atoms with van der Waals surface area (Å²) in [6.07, 6.45) is 3.07.